The Bertz CT molecular complexity index is 985. The Kier molecular flexibility index (Phi) is 8.26. The summed E-state index contributed by atoms with van der Waals surface area (Å²) in [4.78, 5) is 25.5. The second-order valence-electron chi connectivity index (χ2n) is 7.38. The van der Waals surface area contributed by atoms with E-state index >= 15 is 0 Å². The summed E-state index contributed by atoms with van der Waals surface area (Å²) in [6, 6.07) is 15.8. The number of thiocarbonyl (C=S) groups is 1. The number of nitrogens with zero attached hydrogens (tertiary/aromatic N) is 1. The second kappa shape index (κ2) is 11.1. The van der Waals surface area contributed by atoms with Crippen molar-refractivity contribution in [3.8, 4) is 5.75 Å². The highest BCUT2D eigenvalue weighted by atomic mass is 32.2. The van der Waals surface area contributed by atoms with Gasteiger partial charge in [-0.1, -0.05) is 72.4 Å². The molecule has 5 nitrogen and oxygen atoms in total. The van der Waals surface area contributed by atoms with Crippen molar-refractivity contribution < 1.29 is 19.4 Å². The summed E-state index contributed by atoms with van der Waals surface area (Å²) < 4.78 is 6.44. The number of carboxylic acids is 1. The van der Waals surface area contributed by atoms with Crippen molar-refractivity contribution in [2.24, 2.45) is 0 Å². The number of amides is 1. The first-order valence-corrected chi connectivity index (χ1v) is 11.4. The zero-order valence-electron chi connectivity index (χ0n) is 17.4. The molecule has 1 aliphatic rings. The molecule has 0 spiro atoms. The summed E-state index contributed by atoms with van der Waals surface area (Å²) in [7, 11) is 0. The second-order valence-corrected chi connectivity index (χ2v) is 9.06. The van der Waals surface area contributed by atoms with Crippen LogP contribution in [0.5, 0.6) is 5.75 Å². The molecule has 0 aromatic heterocycles. The highest BCUT2D eigenvalue weighted by Crippen LogP contribution is 2.33. The molecule has 0 bridgehead atoms. The van der Waals surface area contributed by atoms with Crippen LogP contribution in [0.4, 0.5) is 0 Å². The number of carbonyl (C=O) groups excluding carboxylic acids is 1. The first-order valence-electron chi connectivity index (χ1n) is 10.2. The molecule has 0 radical (unpaired) electrons. The SMILES string of the molecule is Cc1ccc(COc2cccc(C=C3SC(=S)N(CCCCCC(=O)O)C3=O)c2)cc1. The maximum atomic E-state index is 12.7. The van der Waals surface area contributed by atoms with E-state index in [2.05, 4.69) is 19.1 Å². The number of hydrogen-bond donors (Lipinski definition) is 1. The molecule has 0 atom stereocenters. The van der Waals surface area contributed by atoms with Gasteiger partial charge in [-0.2, -0.15) is 0 Å². The lowest BCUT2D eigenvalue weighted by atomic mass is 10.1. The van der Waals surface area contributed by atoms with Crippen LogP contribution in [0.1, 0.15) is 42.4 Å². The zero-order valence-corrected chi connectivity index (χ0v) is 19.0. The Morgan fingerprint density at radius 3 is 2.68 bits per heavy atom. The summed E-state index contributed by atoms with van der Waals surface area (Å²) in [5.41, 5.74) is 3.19. The fourth-order valence-corrected chi connectivity index (χ4v) is 4.42. The highest BCUT2D eigenvalue weighted by molar-refractivity contribution is 8.26. The van der Waals surface area contributed by atoms with E-state index in [1.807, 2.05) is 42.5 Å². The largest absolute Gasteiger partial charge is 0.489 e. The van der Waals surface area contributed by atoms with Gasteiger partial charge in [0.25, 0.3) is 5.91 Å². The lowest BCUT2D eigenvalue weighted by Gasteiger charge is -2.13. The van der Waals surface area contributed by atoms with Gasteiger partial charge in [0.15, 0.2) is 0 Å². The first-order chi connectivity index (χ1) is 14.9. The molecular formula is C24H25NO4S2. The fourth-order valence-electron chi connectivity index (χ4n) is 3.11. The number of benzene rings is 2. The number of aliphatic carboxylic acids is 1. The number of unbranched alkanes of at least 4 members (excludes halogenated alkanes) is 2. The van der Waals surface area contributed by atoms with Gasteiger partial charge in [-0.3, -0.25) is 14.5 Å². The summed E-state index contributed by atoms with van der Waals surface area (Å²) in [5.74, 6) is -0.152. The van der Waals surface area contributed by atoms with E-state index in [1.165, 1.54) is 17.3 Å². The van der Waals surface area contributed by atoms with E-state index in [-0.39, 0.29) is 12.3 Å². The van der Waals surface area contributed by atoms with Crippen LogP contribution in [-0.2, 0) is 16.2 Å². The maximum Gasteiger partial charge on any atom is 0.303 e. The molecule has 7 heteroatoms. The van der Waals surface area contributed by atoms with Crippen LogP contribution >= 0.6 is 24.0 Å². The Hall–Kier alpha value is -2.64. The molecule has 1 amide bonds. The standard InChI is InChI=1S/C24H25NO4S2/c1-17-9-11-18(12-10-17)16-29-20-7-5-6-19(14-20)15-21-23(28)25(24(30)31-21)13-4-2-3-8-22(26)27/h5-7,9-12,14-15H,2-4,8,13,16H2,1H3,(H,26,27). The van der Waals surface area contributed by atoms with Crippen LogP contribution in [-0.4, -0.2) is 32.7 Å². The number of carboxylic acid groups (broad SMARTS) is 1. The number of carbonyl (C=O) groups is 2. The molecular weight excluding hydrogens is 430 g/mol. The zero-order chi connectivity index (χ0) is 22.2. The average molecular weight is 456 g/mol. The van der Waals surface area contributed by atoms with E-state index in [9.17, 15) is 9.59 Å². The quantitative estimate of drug-likeness (QED) is 0.293. The predicted molar refractivity (Wildman–Crippen MR) is 128 cm³/mol. The molecule has 2 aromatic rings. The minimum absolute atomic E-state index is 0.0980. The van der Waals surface area contributed by atoms with Gasteiger partial charge in [0.2, 0.25) is 0 Å². The van der Waals surface area contributed by atoms with Crippen LogP contribution in [0.25, 0.3) is 6.08 Å². The van der Waals surface area contributed by atoms with E-state index in [0.29, 0.717) is 28.8 Å². The Morgan fingerprint density at radius 2 is 1.94 bits per heavy atom. The fraction of sp³-hybridized carbons (Fsp3) is 0.292. The van der Waals surface area contributed by atoms with Crippen molar-refractivity contribution in [1.29, 1.82) is 0 Å². The Labute approximate surface area is 192 Å². The summed E-state index contributed by atoms with van der Waals surface area (Å²) in [5, 5.41) is 8.70. The molecule has 1 fully saturated rings. The van der Waals surface area contributed by atoms with E-state index < -0.39 is 5.97 Å². The van der Waals surface area contributed by atoms with E-state index in [0.717, 1.165) is 29.7 Å². The van der Waals surface area contributed by atoms with Crippen molar-refractivity contribution in [1.82, 2.24) is 4.90 Å². The molecule has 0 unspecified atom stereocenters. The van der Waals surface area contributed by atoms with Crippen molar-refractivity contribution in [2.45, 2.75) is 39.2 Å². The molecule has 0 aliphatic carbocycles. The number of aryl methyl sites for hydroxylation is 1. The van der Waals surface area contributed by atoms with Crippen LogP contribution in [0.3, 0.4) is 0 Å². The van der Waals surface area contributed by atoms with Crippen LogP contribution < -0.4 is 4.74 Å². The third kappa shape index (κ3) is 6.94. The van der Waals surface area contributed by atoms with Crippen LogP contribution in [0, 0.1) is 6.92 Å². The van der Waals surface area contributed by atoms with E-state index in [4.69, 9.17) is 22.1 Å². The predicted octanol–water partition coefficient (Wildman–Crippen LogP) is 5.42. The highest BCUT2D eigenvalue weighted by Gasteiger charge is 2.31. The van der Waals surface area contributed by atoms with Crippen LogP contribution in [0.15, 0.2) is 53.4 Å². The third-order valence-electron chi connectivity index (χ3n) is 4.83. The van der Waals surface area contributed by atoms with Gasteiger partial charge >= 0.3 is 5.97 Å². The molecule has 2 aromatic carbocycles. The number of ether oxygens (including phenoxy) is 1. The van der Waals surface area contributed by atoms with Gasteiger partial charge in [-0.25, -0.2) is 0 Å². The van der Waals surface area contributed by atoms with Crippen molar-refractivity contribution in [3.63, 3.8) is 0 Å². The monoisotopic (exact) mass is 455 g/mol. The van der Waals surface area contributed by atoms with Crippen molar-refractivity contribution >= 4 is 46.3 Å². The maximum absolute atomic E-state index is 12.7. The van der Waals surface area contributed by atoms with Gasteiger partial charge in [0.1, 0.15) is 16.7 Å². The van der Waals surface area contributed by atoms with Crippen molar-refractivity contribution in [3.05, 3.63) is 70.1 Å². The number of thioether (sulfide) groups is 1. The summed E-state index contributed by atoms with van der Waals surface area (Å²) >= 11 is 6.67. The number of hydrogen-bond acceptors (Lipinski definition) is 5. The van der Waals surface area contributed by atoms with Gasteiger partial charge in [-0.05, 0) is 49.1 Å². The lowest BCUT2D eigenvalue weighted by Crippen LogP contribution is -2.29. The molecule has 162 valence electrons. The minimum atomic E-state index is -0.793. The Balaban J connectivity index is 1.57. The number of rotatable bonds is 10. The molecule has 1 aliphatic heterocycles. The minimum Gasteiger partial charge on any atom is -0.489 e. The molecule has 31 heavy (non-hydrogen) atoms. The first kappa shape index (κ1) is 23.0. The van der Waals surface area contributed by atoms with Gasteiger partial charge in [-0.15, -0.1) is 0 Å². The molecule has 1 N–H and O–H groups in total. The van der Waals surface area contributed by atoms with Gasteiger partial charge in [0.05, 0.1) is 4.91 Å². The van der Waals surface area contributed by atoms with E-state index in [1.54, 1.807) is 4.90 Å². The molecule has 1 heterocycles. The van der Waals surface area contributed by atoms with Crippen LogP contribution in [0.2, 0.25) is 0 Å². The third-order valence-corrected chi connectivity index (χ3v) is 6.21. The molecule has 3 rings (SSSR count). The lowest BCUT2D eigenvalue weighted by molar-refractivity contribution is -0.137. The summed E-state index contributed by atoms with van der Waals surface area (Å²) in [6.07, 6.45) is 4.08. The smallest absolute Gasteiger partial charge is 0.303 e. The molecule has 1 saturated heterocycles. The normalized spacial score (nSPS) is 15.0. The summed E-state index contributed by atoms with van der Waals surface area (Å²) in [6.45, 7) is 3.05. The van der Waals surface area contributed by atoms with Crippen molar-refractivity contribution in [2.75, 3.05) is 6.54 Å². The van der Waals surface area contributed by atoms with Gasteiger partial charge < -0.3 is 9.84 Å². The average Bonchev–Trinajstić information content (AvgIpc) is 3.00. The van der Waals surface area contributed by atoms with Gasteiger partial charge in [0, 0.05) is 13.0 Å². The Morgan fingerprint density at radius 1 is 1.16 bits per heavy atom. The molecule has 0 saturated carbocycles. The topological polar surface area (TPSA) is 66.8 Å².